The van der Waals surface area contributed by atoms with E-state index in [1.54, 1.807) is 6.92 Å². The lowest BCUT2D eigenvalue weighted by Crippen LogP contribution is -2.40. The summed E-state index contributed by atoms with van der Waals surface area (Å²) in [6.45, 7) is 3.48. The molecule has 1 unspecified atom stereocenters. The molecule has 1 heterocycles. The first kappa shape index (κ1) is 11.0. The van der Waals surface area contributed by atoms with Crippen molar-refractivity contribution in [1.29, 1.82) is 0 Å². The number of aliphatic carboxylic acids is 1. The Labute approximate surface area is 93.6 Å². The van der Waals surface area contributed by atoms with Gasteiger partial charge >= 0.3 is 5.97 Å². The summed E-state index contributed by atoms with van der Waals surface area (Å²) in [5.74, 6) is 0.438. The third-order valence-corrected chi connectivity index (χ3v) is 3.32. The van der Waals surface area contributed by atoms with Gasteiger partial charge in [-0.3, -0.25) is 0 Å². The van der Waals surface area contributed by atoms with E-state index in [0.29, 0.717) is 18.2 Å². The van der Waals surface area contributed by atoms with Crippen molar-refractivity contribution in [3.05, 3.63) is 5.82 Å². The third kappa shape index (κ3) is 1.79. The summed E-state index contributed by atoms with van der Waals surface area (Å²) in [7, 11) is 0. The van der Waals surface area contributed by atoms with Crippen molar-refractivity contribution >= 4 is 5.97 Å². The topological polar surface area (TPSA) is 80.9 Å². The fourth-order valence-corrected chi connectivity index (χ4v) is 1.69. The zero-order chi connectivity index (χ0) is 11.8. The highest BCUT2D eigenvalue weighted by atomic mass is 16.4. The van der Waals surface area contributed by atoms with Gasteiger partial charge in [0.05, 0.1) is 0 Å². The molecule has 1 aliphatic carbocycles. The lowest BCUT2D eigenvalue weighted by Gasteiger charge is -2.23. The fraction of sp³-hybridized carbons (Fsp3) is 0.800. The molecule has 0 aromatic carbocycles. The molecule has 88 valence electrons. The molecule has 1 aromatic heterocycles. The molecule has 1 N–H and O–H groups in total. The SMILES string of the molecule is CCC(C)(C(=O)O)n1nnnc1CC1CC1. The highest BCUT2D eigenvalue weighted by molar-refractivity contribution is 5.76. The summed E-state index contributed by atoms with van der Waals surface area (Å²) in [5, 5.41) is 20.6. The van der Waals surface area contributed by atoms with Crippen LogP contribution in [0.15, 0.2) is 0 Å². The van der Waals surface area contributed by atoms with Gasteiger partial charge in [0.2, 0.25) is 0 Å². The van der Waals surface area contributed by atoms with E-state index in [1.807, 2.05) is 6.92 Å². The van der Waals surface area contributed by atoms with Crippen LogP contribution in [0.1, 0.15) is 38.9 Å². The monoisotopic (exact) mass is 224 g/mol. The van der Waals surface area contributed by atoms with E-state index < -0.39 is 11.5 Å². The molecule has 0 aliphatic heterocycles. The summed E-state index contributed by atoms with van der Waals surface area (Å²) in [5.41, 5.74) is -1.03. The molecule has 0 saturated heterocycles. The molecule has 1 aliphatic rings. The van der Waals surface area contributed by atoms with Crippen molar-refractivity contribution in [2.24, 2.45) is 5.92 Å². The maximum Gasteiger partial charge on any atom is 0.331 e. The third-order valence-electron chi connectivity index (χ3n) is 3.32. The van der Waals surface area contributed by atoms with E-state index in [1.165, 1.54) is 17.5 Å². The molecule has 1 aromatic rings. The van der Waals surface area contributed by atoms with Crippen LogP contribution in [-0.2, 0) is 16.8 Å². The van der Waals surface area contributed by atoms with Crippen LogP contribution in [0.4, 0.5) is 0 Å². The first-order chi connectivity index (χ1) is 7.58. The average molecular weight is 224 g/mol. The molecule has 1 atom stereocenters. The average Bonchev–Trinajstić information content (AvgIpc) is 2.93. The Hall–Kier alpha value is -1.46. The van der Waals surface area contributed by atoms with Crippen molar-refractivity contribution in [3.63, 3.8) is 0 Å². The highest BCUT2D eigenvalue weighted by Crippen LogP contribution is 2.33. The zero-order valence-corrected chi connectivity index (χ0v) is 9.55. The maximum absolute atomic E-state index is 11.3. The van der Waals surface area contributed by atoms with Gasteiger partial charge < -0.3 is 5.11 Å². The van der Waals surface area contributed by atoms with E-state index in [-0.39, 0.29) is 0 Å². The van der Waals surface area contributed by atoms with Gasteiger partial charge in [0.15, 0.2) is 11.4 Å². The predicted octanol–water partition coefficient (Wildman–Crippen LogP) is 0.835. The van der Waals surface area contributed by atoms with Crippen LogP contribution in [0.3, 0.4) is 0 Å². The normalized spacial score (nSPS) is 19.4. The fourth-order valence-electron chi connectivity index (χ4n) is 1.69. The molecule has 1 saturated carbocycles. The number of aromatic nitrogens is 4. The number of carbonyl (C=O) groups is 1. The van der Waals surface area contributed by atoms with E-state index in [0.717, 1.165) is 6.42 Å². The van der Waals surface area contributed by atoms with Crippen LogP contribution >= 0.6 is 0 Å². The van der Waals surface area contributed by atoms with Crippen LogP contribution in [0, 0.1) is 5.92 Å². The second-order valence-corrected chi connectivity index (χ2v) is 4.59. The molecule has 6 heteroatoms. The summed E-state index contributed by atoms with van der Waals surface area (Å²) in [4.78, 5) is 11.3. The molecule has 6 nitrogen and oxygen atoms in total. The number of rotatable bonds is 5. The number of nitrogens with zero attached hydrogens (tertiary/aromatic N) is 4. The number of carboxylic acid groups (broad SMARTS) is 1. The predicted molar refractivity (Wildman–Crippen MR) is 55.8 cm³/mol. The van der Waals surface area contributed by atoms with Gasteiger partial charge in [0.25, 0.3) is 0 Å². The van der Waals surface area contributed by atoms with Gasteiger partial charge in [-0.2, -0.15) is 0 Å². The first-order valence-electron chi connectivity index (χ1n) is 5.59. The number of tetrazole rings is 1. The van der Waals surface area contributed by atoms with Gasteiger partial charge in [-0.15, -0.1) is 5.10 Å². The Morgan fingerprint density at radius 3 is 2.81 bits per heavy atom. The molecule has 0 bridgehead atoms. The molecule has 16 heavy (non-hydrogen) atoms. The van der Waals surface area contributed by atoms with Gasteiger partial charge in [-0.1, -0.05) is 6.92 Å². The molecule has 0 spiro atoms. The summed E-state index contributed by atoms with van der Waals surface area (Å²) in [6.07, 6.45) is 3.65. The Bertz CT molecular complexity index is 399. The molecular formula is C10H16N4O2. The lowest BCUT2D eigenvalue weighted by atomic mass is 9.99. The van der Waals surface area contributed by atoms with E-state index in [9.17, 15) is 9.90 Å². The largest absolute Gasteiger partial charge is 0.479 e. The minimum Gasteiger partial charge on any atom is -0.479 e. The quantitative estimate of drug-likeness (QED) is 0.801. The highest BCUT2D eigenvalue weighted by Gasteiger charge is 2.38. The summed E-state index contributed by atoms with van der Waals surface area (Å²) < 4.78 is 1.47. The Kier molecular flexibility index (Phi) is 2.65. The molecule has 2 rings (SSSR count). The van der Waals surface area contributed by atoms with Crippen LogP contribution in [0.25, 0.3) is 0 Å². The van der Waals surface area contributed by atoms with Gasteiger partial charge in [-0.25, -0.2) is 9.48 Å². The van der Waals surface area contributed by atoms with Crippen molar-refractivity contribution in [3.8, 4) is 0 Å². The number of carboxylic acids is 1. The molecule has 0 amide bonds. The van der Waals surface area contributed by atoms with Gasteiger partial charge in [-0.05, 0) is 42.5 Å². The first-order valence-corrected chi connectivity index (χ1v) is 5.59. The zero-order valence-electron chi connectivity index (χ0n) is 9.55. The number of hydrogen-bond acceptors (Lipinski definition) is 4. The Morgan fingerprint density at radius 2 is 2.31 bits per heavy atom. The minimum absolute atomic E-state index is 0.463. The van der Waals surface area contributed by atoms with Crippen LogP contribution in [0.5, 0.6) is 0 Å². The van der Waals surface area contributed by atoms with Crippen LogP contribution in [-0.4, -0.2) is 31.3 Å². The summed E-state index contributed by atoms with van der Waals surface area (Å²) in [6, 6.07) is 0. The van der Waals surface area contributed by atoms with Crippen molar-refractivity contribution in [2.45, 2.75) is 45.1 Å². The van der Waals surface area contributed by atoms with E-state index in [2.05, 4.69) is 15.5 Å². The van der Waals surface area contributed by atoms with E-state index >= 15 is 0 Å². The van der Waals surface area contributed by atoms with Crippen molar-refractivity contribution < 1.29 is 9.90 Å². The lowest BCUT2D eigenvalue weighted by molar-refractivity contribution is -0.147. The Morgan fingerprint density at radius 1 is 1.62 bits per heavy atom. The van der Waals surface area contributed by atoms with E-state index in [4.69, 9.17) is 0 Å². The van der Waals surface area contributed by atoms with Gasteiger partial charge in [0.1, 0.15) is 0 Å². The molecule has 1 fully saturated rings. The van der Waals surface area contributed by atoms with Gasteiger partial charge in [0, 0.05) is 6.42 Å². The van der Waals surface area contributed by atoms with Crippen LogP contribution in [0.2, 0.25) is 0 Å². The smallest absolute Gasteiger partial charge is 0.331 e. The van der Waals surface area contributed by atoms with Crippen molar-refractivity contribution in [2.75, 3.05) is 0 Å². The van der Waals surface area contributed by atoms with Crippen molar-refractivity contribution in [1.82, 2.24) is 20.2 Å². The van der Waals surface area contributed by atoms with Crippen LogP contribution < -0.4 is 0 Å². The molecular weight excluding hydrogens is 208 g/mol. The second-order valence-electron chi connectivity index (χ2n) is 4.59. The standard InChI is InChI=1S/C10H16N4O2/c1-3-10(2,9(15)16)14-8(11-12-13-14)6-7-4-5-7/h7H,3-6H2,1-2H3,(H,15,16). The maximum atomic E-state index is 11.3. The minimum atomic E-state index is -1.03. The summed E-state index contributed by atoms with van der Waals surface area (Å²) >= 11 is 0. The second kappa shape index (κ2) is 3.84. The Balaban J connectivity index is 2.29. The number of hydrogen-bond donors (Lipinski definition) is 1. The molecule has 0 radical (unpaired) electrons.